The summed E-state index contributed by atoms with van der Waals surface area (Å²) < 4.78 is 5.96. The molecule has 7 heteroatoms. The summed E-state index contributed by atoms with van der Waals surface area (Å²) in [6.45, 7) is 4.38. The van der Waals surface area contributed by atoms with Crippen LogP contribution in [-0.4, -0.2) is 21.4 Å². The van der Waals surface area contributed by atoms with Gasteiger partial charge in [0.15, 0.2) is 0 Å². The van der Waals surface area contributed by atoms with Crippen LogP contribution in [0.2, 0.25) is 0 Å². The fourth-order valence-corrected chi connectivity index (χ4v) is 3.43. The van der Waals surface area contributed by atoms with E-state index < -0.39 is 4.92 Å². The van der Waals surface area contributed by atoms with Crippen molar-refractivity contribution in [2.75, 3.05) is 11.4 Å². The van der Waals surface area contributed by atoms with Gasteiger partial charge in [-0.3, -0.25) is 10.1 Å². The van der Waals surface area contributed by atoms with Crippen molar-refractivity contribution < 1.29 is 9.66 Å². The van der Waals surface area contributed by atoms with Crippen LogP contribution in [0.25, 0.3) is 10.8 Å². The Kier molecular flexibility index (Phi) is 5.26. The van der Waals surface area contributed by atoms with Crippen molar-refractivity contribution in [3.05, 3.63) is 88.7 Å². The molecule has 4 aromatic rings. The summed E-state index contributed by atoms with van der Waals surface area (Å²) in [6, 6.07) is 21.0. The van der Waals surface area contributed by atoms with E-state index in [0.29, 0.717) is 12.3 Å². The maximum atomic E-state index is 12.0. The highest BCUT2D eigenvalue weighted by molar-refractivity contribution is 5.88. The number of fused-ring (bicyclic) bond motifs is 1. The van der Waals surface area contributed by atoms with Crippen molar-refractivity contribution in [2.24, 2.45) is 0 Å². The van der Waals surface area contributed by atoms with Gasteiger partial charge in [-0.25, -0.2) is 4.98 Å². The van der Waals surface area contributed by atoms with E-state index >= 15 is 0 Å². The van der Waals surface area contributed by atoms with Crippen LogP contribution in [0.15, 0.2) is 73.1 Å². The second-order valence-electron chi connectivity index (χ2n) is 6.77. The standard InChI is InChI=1S/C23H20N4O3/c1-3-26(18-11-6-8-16(2)14-18)22-21(27(28)29)23(25-15-24-22)30-20-13-7-10-17-9-4-5-12-19(17)20/h4-15H,3H2,1-2H3. The fraction of sp³-hybridized carbons (Fsp3) is 0.130. The molecule has 3 aromatic carbocycles. The van der Waals surface area contributed by atoms with Gasteiger partial charge in [0.1, 0.15) is 12.1 Å². The topological polar surface area (TPSA) is 81.4 Å². The summed E-state index contributed by atoms with van der Waals surface area (Å²) in [4.78, 5) is 21.6. The average molecular weight is 400 g/mol. The van der Waals surface area contributed by atoms with Crippen molar-refractivity contribution >= 4 is 28.0 Å². The SMILES string of the molecule is CCN(c1cccc(C)c1)c1ncnc(Oc2cccc3ccccc23)c1[N+](=O)[O-]. The predicted octanol–water partition coefficient (Wildman–Crippen LogP) is 5.80. The molecule has 0 aliphatic heterocycles. The molecular formula is C23H20N4O3. The van der Waals surface area contributed by atoms with Crippen molar-refractivity contribution in [3.8, 4) is 11.6 Å². The third kappa shape index (κ3) is 3.65. The number of hydrogen-bond acceptors (Lipinski definition) is 6. The van der Waals surface area contributed by atoms with Gasteiger partial charge in [0.05, 0.1) is 4.92 Å². The lowest BCUT2D eigenvalue weighted by atomic mass is 10.1. The monoisotopic (exact) mass is 400 g/mol. The van der Waals surface area contributed by atoms with E-state index in [9.17, 15) is 10.1 Å². The van der Waals surface area contributed by atoms with E-state index in [0.717, 1.165) is 22.0 Å². The van der Waals surface area contributed by atoms with Gasteiger partial charge in [0.2, 0.25) is 5.82 Å². The minimum absolute atomic E-state index is 0.0903. The number of aryl methyl sites for hydroxylation is 1. The Labute approximate surface area is 173 Å². The molecule has 0 spiro atoms. The molecule has 4 rings (SSSR count). The second-order valence-corrected chi connectivity index (χ2v) is 6.77. The minimum atomic E-state index is -0.492. The normalized spacial score (nSPS) is 10.7. The van der Waals surface area contributed by atoms with E-state index in [4.69, 9.17) is 4.74 Å². The maximum absolute atomic E-state index is 12.0. The minimum Gasteiger partial charge on any atom is -0.433 e. The molecule has 0 aliphatic carbocycles. The van der Waals surface area contributed by atoms with E-state index in [2.05, 4.69) is 9.97 Å². The molecule has 150 valence electrons. The first-order valence-corrected chi connectivity index (χ1v) is 9.57. The van der Waals surface area contributed by atoms with Gasteiger partial charge in [-0.05, 0) is 43.0 Å². The van der Waals surface area contributed by atoms with Gasteiger partial charge in [-0.15, -0.1) is 0 Å². The molecule has 30 heavy (non-hydrogen) atoms. The Morgan fingerprint density at radius 1 is 1.03 bits per heavy atom. The van der Waals surface area contributed by atoms with E-state index in [-0.39, 0.29) is 17.4 Å². The van der Waals surface area contributed by atoms with Crippen LogP contribution < -0.4 is 9.64 Å². The molecule has 0 N–H and O–H groups in total. The lowest BCUT2D eigenvalue weighted by Crippen LogP contribution is -2.19. The molecule has 7 nitrogen and oxygen atoms in total. The highest BCUT2D eigenvalue weighted by atomic mass is 16.6. The lowest BCUT2D eigenvalue weighted by Gasteiger charge is -2.22. The number of benzene rings is 3. The number of anilines is 2. The third-order valence-corrected chi connectivity index (χ3v) is 4.79. The molecule has 0 radical (unpaired) electrons. The first kappa shape index (κ1) is 19.3. The maximum Gasteiger partial charge on any atom is 0.373 e. The Hall–Kier alpha value is -4.00. The van der Waals surface area contributed by atoms with Crippen molar-refractivity contribution in [2.45, 2.75) is 13.8 Å². The summed E-state index contributed by atoms with van der Waals surface area (Å²) in [6.07, 6.45) is 1.29. The Morgan fingerprint density at radius 3 is 2.57 bits per heavy atom. The first-order valence-electron chi connectivity index (χ1n) is 9.57. The fourth-order valence-electron chi connectivity index (χ4n) is 3.43. The number of hydrogen-bond donors (Lipinski definition) is 0. The zero-order valence-corrected chi connectivity index (χ0v) is 16.6. The predicted molar refractivity (Wildman–Crippen MR) is 117 cm³/mol. The van der Waals surface area contributed by atoms with Crippen LogP contribution in [0.1, 0.15) is 12.5 Å². The molecule has 0 bridgehead atoms. The van der Waals surface area contributed by atoms with Crippen LogP contribution in [0.3, 0.4) is 0 Å². The van der Waals surface area contributed by atoms with Crippen molar-refractivity contribution in [3.63, 3.8) is 0 Å². The molecular weight excluding hydrogens is 380 g/mol. The summed E-state index contributed by atoms with van der Waals surface area (Å²) in [5, 5.41) is 13.9. The van der Waals surface area contributed by atoms with E-state index in [1.54, 1.807) is 11.0 Å². The highest BCUT2D eigenvalue weighted by Crippen LogP contribution is 2.40. The first-order chi connectivity index (χ1) is 14.6. The highest BCUT2D eigenvalue weighted by Gasteiger charge is 2.29. The molecule has 0 saturated heterocycles. The summed E-state index contributed by atoms with van der Waals surface area (Å²) >= 11 is 0. The molecule has 1 heterocycles. The van der Waals surface area contributed by atoms with Gasteiger partial charge >= 0.3 is 11.6 Å². The largest absolute Gasteiger partial charge is 0.433 e. The molecule has 0 atom stereocenters. The van der Waals surface area contributed by atoms with Crippen LogP contribution >= 0.6 is 0 Å². The quantitative estimate of drug-likeness (QED) is 0.301. The van der Waals surface area contributed by atoms with Crippen molar-refractivity contribution in [1.82, 2.24) is 9.97 Å². The van der Waals surface area contributed by atoms with E-state index in [1.807, 2.05) is 74.5 Å². The molecule has 1 aromatic heterocycles. The van der Waals surface area contributed by atoms with Gasteiger partial charge in [-0.2, -0.15) is 4.98 Å². The number of ether oxygens (including phenoxy) is 1. The van der Waals surface area contributed by atoms with Gasteiger partial charge < -0.3 is 9.64 Å². The van der Waals surface area contributed by atoms with Gasteiger partial charge in [-0.1, -0.05) is 48.5 Å². The van der Waals surface area contributed by atoms with Gasteiger partial charge in [0.25, 0.3) is 0 Å². The summed E-state index contributed by atoms with van der Waals surface area (Å²) in [5.41, 5.74) is 1.60. The van der Waals surface area contributed by atoms with Crippen molar-refractivity contribution in [1.29, 1.82) is 0 Å². The smallest absolute Gasteiger partial charge is 0.373 e. The van der Waals surface area contributed by atoms with Crippen LogP contribution in [0, 0.1) is 17.0 Å². The summed E-state index contributed by atoms with van der Waals surface area (Å²) in [7, 11) is 0. The number of nitro groups is 1. The number of nitrogens with zero attached hydrogens (tertiary/aromatic N) is 4. The molecule has 0 saturated carbocycles. The molecule has 0 fully saturated rings. The average Bonchev–Trinajstić information content (AvgIpc) is 2.75. The lowest BCUT2D eigenvalue weighted by molar-refractivity contribution is -0.385. The molecule has 0 aliphatic rings. The van der Waals surface area contributed by atoms with Crippen LogP contribution in [0.5, 0.6) is 11.6 Å². The second kappa shape index (κ2) is 8.16. The molecule has 0 amide bonds. The Morgan fingerprint density at radius 2 is 1.80 bits per heavy atom. The third-order valence-electron chi connectivity index (χ3n) is 4.79. The van der Waals surface area contributed by atoms with Gasteiger partial charge in [0, 0.05) is 17.6 Å². The van der Waals surface area contributed by atoms with Crippen LogP contribution in [0.4, 0.5) is 17.2 Å². The zero-order valence-electron chi connectivity index (χ0n) is 16.6. The molecule has 0 unspecified atom stereocenters. The summed E-state index contributed by atoms with van der Waals surface area (Å²) in [5.74, 6) is 0.602. The van der Waals surface area contributed by atoms with E-state index in [1.165, 1.54) is 6.33 Å². The Balaban J connectivity index is 1.83. The number of rotatable bonds is 6. The Bertz CT molecular complexity index is 1220. The number of aromatic nitrogens is 2. The zero-order chi connectivity index (χ0) is 21.1. The van der Waals surface area contributed by atoms with Crippen LogP contribution in [-0.2, 0) is 0 Å².